The topological polar surface area (TPSA) is 78.4 Å². The molecular weight excluding hydrogens is 220 g/mol. The lowest BCUT2D eigenvalue weighted by atomic mass is 10.2. The number of carbonyl (C=O) groups is 1. The fraction of sp³-hybridized carbons (Fsp3) is 0.545. The van der Waals surface area contributed by atoms with Crippen LogP contribution in [0.4, 0.5) is 5.82 Å². The molecule has 17 heavy (non-hydrogen) atoms. The first-order chi connectivity index (χ1) is 8.22. The molecule has 6 heteroatoms. The lowest BCUT2D eigenvalue weighted by molar-refractivity contribution is -0.138. The van der Waals surface area contributed by atoms with Crippen molar-refractivity contribution in [3.63, 3.8) is 0 Å². The summed E-state index contributed by atoms with van der Waals surface area (Å²) < 4.78 is 0. The van der Waals surface area contributed by atoms with Gasteiger partial charge in [0.25, 0.3) is 0 Å². The fourth-order valence-corrected chi connectivity index (χ4v) is 1.94. The van der Waals surface area contributed by atoms with Gasteiger partial charge in [0.1, 0.15) is 18.2 Å². The molecule has 1 aliphatic rings. The van der Waals surface area contributed by atoms with Gasteiger partial charge in [-0.15, -0.1) is 0 Å². The molecule has 1 unspecified atom stereocenters. The third kappa shape index (κ3) is 2.52. The Balaban J connectivity index is 2.26. The Morgan fingerprint density at radius 2 is 2.47 bits per heavy atom. The molecule has 92 valence electrons. The van der Waals surface area contributed by atoms with Crippen molar-refractivity contribution in [1.82, 2.24) is 15.3 Å². The first kappa shape index (κ1) is 11.8. The Morgan fingerprint density at radius 1 is 1.65 bits per heavy atom. The number of aliphatic carboxylic acids is 1. The number of piperazine rings is 1. The molecule has 1 atom stereocenters. The van der Waals surface area contributed by atoms with Gasteiger partial charge >= 0.3 is 5.97 Å². The Hall–Kier alpha value is -1.69. The quantitative estimate of drug-likeness (QED) is 0.763. The van der Waals surface area contributed by atoms with Crippen LogP contribution in [0, 0.1) is 0 Å². The predicted octanol–water partition coefficient (Wildman–Crippen LogP) is -0.0982. The lowest BCUT2D eigenvalue weighted by Crippen LogP contribution is -2.55. The smallest absolute Gasteiger partial charge is 0.327 e. The van der Waals surface area contributed by atoms with Crippen molar-refractivity contribution in [2.75, 3.05) is 24.5 Å². The molecular formula is C11H16N4O2. The predicted molar refractivity (Wildman–Crippen MR) is 63.0 cm³/mol. The van der Waals surface area contributed by atoms with Crippen LogP contribution in [0.2, 0.25) is 0 Å². The molecule has 1 aromatic heterocycles. The van der Waals surface area contributed by atoms with Gasteiger partial charge in [-0.3, -0.25) is 0 Å². The molecule has 1 aromatic rings. The maximum atomic E-state index is 11.2. The second-order valence-corrected chi connectivity index (χ2v) is 3.97. The minimum atomic E-state index is -0.825. The summed E-state index contributed by atoms with van der Waals surface area (Å²) in [5.41, 5.74) is 0.928. The van der Waals surface area contributed by atoms with Gasteiger partial charge in [-0.25, -0.2) is 14.8 Å². The molecule has 1 fully saturated rings. The van der Waals surface area contributed by atoms with E-state index in [1.165, 1.54) is 6.33 Å². The summed E-state index contributed by atoms with van der Waals surface area (Å²) in [5, 5.41) is 12.3. The highest BCUT2D eigenvalue weighted by Crippen LogP contribution is 2.16. The summed E-state index contributed by atoms with van der Waals surface area (Å²) >= 11 is 0. The maximum Gasteiger partial charge on any atom is 0.327 e. The molecule has 1 saturated heterocycles. The van der Waals surface area contributed by atoms with Crippen LogP contribution < -0.4 is 10.2 Å². The fourth-order valence-electron chi connectivity index (χ4n) is 1.94. The molecule has 6 nitrogen and oxygen atoms in total. The van der Waals surface area contributed by atoms with Crippen LogP contribution in [0.3, 0.4) is 0 Å². The zero-order valence-electron chi connectivity index (χ0n) is 9.76. The molecule has 2 N–H and O–H groups in total. The van der Waals surface area contributed by atoms with E-state index in [4.69, 9.17) is 0 Å². The Labute approximate surface area is 99.7 Å². The summed E-state index contributed by atoms with van der Waals surface area (Å²) in [6.07, 6.45) is 2.31. The van der Waals surface area contributed by atoms with Gasteiger partial charge in [-0.2, -0.15) is 0 Å². The second-order valence-electron chi connectivity index (χ2n) is 3.97. The van der Waals surface area contributed by atoms with Crippen molar-refractivity contribution < 1.29 is 9.90 Å². The number of carboxylic acids is 1. The van der Waals surface area contributed by atoms with Crippen LogP contribution in [-0.2, 0) is 11.2 Å². The minimum absolute atomic E-state index is 0.445. The summed E-state index contributed by atoms with van der Waals surface area (Å²) in [6, 6.07) is 1.31. The number of nitrogens with one attached hydrogen (secondary N) is 1. The normalized spacial score (nSPS) is 20.3. The van der Waals surface area contributed by atoms with E-state index >= 15 is 0 Å². The van der Waals surface area contributed by atoms with Crippen LogP contribution in [-0.4, -0.2) is 46.7 Å². The van der Waals surface area contributed by atoms with Crippen molar-refractivity contribution >= 4 is 11.8 Å². The lowest BCUT2D eigenvalue weighted by Gasteiger charge is -2.34. The highest BCUT2D eigenvalue weighted by Gasteiger charge is 2.29. The highest BCUT2D eigenvalue weighted by molar-refractivity contribution is 5.78. The van der Waals surface area contributed by atoms with Gasteiger partial charge in [-0.1, -0.05) is 6.92 Å². The van der Waals surface area contributed by atoms with Crippen molar-refractivity contribution in [3.05, 3.63) is 18.1 Å². The Bertz CT molecular complexity index is 410. The summed E-state index contributed by atoms with van der Waals surface area (Å²) in [4.78, 5) is 21.3. The van der Waals surface area contributed by atoms with E-state index in [0.717, 1.165) is 18.7 Å². The standard InChI is InChI=1S/C11H16N4O2/c1-2-8-5-10(14-7-13-8)15-4-3-12-6-9(15)11(16)17/h5,7,9,12H,2-4,6H2,1H3,(H,16,17). The molecule has 0 aromatic carbocycles. The van der Waals surface area contributed by atoms with E-state index < -0.39 is 12.0 Å². The van der Waals surface area contributed by atoms with E-state index in [2.05, 4.69) is 15.3 Å². The molecule has 0 spiro atoms. The molecule has 2 heterocycles. The zero-order chi connectivity index (χ0) is 12.3. The van der Waals surface area contributed by atoms with Gasteiger partial charge in [0.15, 0.2) is 0 Å². The van der Waals surface area contributed by atoms with Gasteiger partial charge in [0.05, 0.1) is 0 Å². The average Bonchev–Trinajstić information content (AvgIpc) is 2.39. The van der Waals surface area contributed by atoms with Crippen LogP contribution in [0.15, 0.2) is 12.4 Å². The first-order valence-electron chi connectivity index (χ1n) is 5.73. The first-order valence-corrected chi connectivity index (χ1v) is 5.73. The van der Waals surface area contributed by atoms with Crippen molar-refractivity contribution in [3.8, 4) is 0 Å². The van der Waals surface area contributed by atoms with Gasteiger partial charge in [0, 0.05) is 31.4 Å². The zero-order valence-corrected chi connectivity index (χ0v) is 9.76. The molecule has 0 aliphatic carbocycles. The minimum Gasteiger partial charge on any atom is -0.480 e. The average molecular weight is 236 g/mol. The van der Waals surface area contributed by atoms with E-state index in [1.54, 1.807) is 0 Å². The van der Waals surface area contributed by atoms with Gasteiger partial charge < -0.3 is 15.3 Å². The van der Waals surface area contributed by atoms with Gasteiger partial charge in [0.2, 0.25) is 0 Å². The summed E-state index contributed by atoms with van der Waals surface area (Å²) in [5.74, 6) is -0.125. The summed E-state index contributed by atoms with van der Waals surface area (Å²) in [7, 11) is 0. The SMILES string of the molecule is CCc1cc(N2CCNCC2C(=O)O)ncn1. The highest BCUT2D eigenvalue weighted by atomic mass is 16.4. The number of hydrogen-bond donors (Lipinski definition) is 2. The van der Waals surface area contributed by atoms with Crippen LogP contribution in [0.5, 0.6) is 0 Å². The molecule has 1 aliphatic heterocycles. The number of hydrogen-bond acceptors (Lipinski definition) is 5. The van der Waals surface area contributed by atoms with Crippen LogP contribution in [0.25, 0.3) is 0 Å². The third-order valence-electron chi connectivity index (χ3n) is 2.89. The summed E-state index contributed by atoms with van der Waals surface area (Å²) in [6.45, 7) is 3.88. The molecule has 0 radical (unpaired) electrons. The van der Waals surface area contributed by atoms with E-state index in [-0.39, 0.29) is 0 Å². The number of aromatic nitrogens is 2. The Kier molecular flexibility index (Phi) is 3.53. The van der Waals surface area contributed by atoms with Crippen LogP contribution in [0.1, 0.15) is 12.6 Å². The van der Waals surface area contributed by atoms with E-state index in [0.29, 0.717) is 18.9 Å². The number of carboxylic acid groups (broad SMARTS) is 1. The van der Waals surface area contributed by atoms with Gasteiger partial charge in [-0.05, 0) is 6.42 Å². The molecule has 2 rings (SSSR count). The van der Waals surface area contributed by atoms with Crippen LogP contribution >= 0.6 is 0 Å². The Morgan fingerprint density at radius 3 is 3.18 bits per heavy atom. The molecule has 0 saturated carbocycles. The molecule has 0 amide bonds. The third-order valence-corrected chi connectivity index (χ3v) is 2.89. The number of anilines is 1. The largest absolute Gasteiger partial charge is 0.480 e. The molecule has 0 bridgehead atoms. The second kappa shape index (κ2) is 5.09. The number of rotatable bonds is 3. The monoisotopic (exact) mass is 236 g/mol. The number of nitrogens with zero attached hydrogens (tertiary/aromatic N) is 3. The van der Waals surface area contributed by atoms with E-state index in [9.17, 15) is 9.90 Å². The van der Waals surface area contributed by atoms with E-state index in [1.807, 2.05) is 17.9 Å². The number of aryl methyl sites for hydroxylation is 1. The van der Waals surface area contributed by atoms with Crippen molar-refractivity contribution in [1.29, 1.82) is 0 Å². The maximum absolute atomic E-state index is 11.2. The van der Waals surface area contributed by atoms with Crippen molar-refractivity contribution in [2.24, 2.45) is 0 Å². The van der Waals surface area contributed by atoms with Crippen molar-refractivity contribution in [2.45, 2.75) is 19.4 Å².